The van der Waals surface area contributed by atoms with Gasteiger partial charge in [0.1, 0.15) is 0 Å². The minimum atomic E-state index is 0.160. The molecule has 98 valence electrons. The molecule has 0 amide bonds. The normalized spacial score (nSPS) is 18.1. The second-order valence-corrected chi connectivity index (χ2v) is 6.76. The van der Waals surface area contributed by atoms with Crippen LogP contribution >= 0.6 is 23.5 Å². The Bertz CT molecular complexity index is 595. The summed E-state index contributed by atoms with van der Waals surface area (Å²) in [5.74, 6) is 0.944. The van der Waals surface area contributed by atoms with Crippen molar-refractivity contribution in [2.24, 2.45) is 0 Å². The number of hydrogen-bond acceptors (Lipinski definition) is 4. The van der Waals surface area contributed by atoms with E-state index in [2.05, 4.69) is 16.5 Å². The highest BCUT2D eigenvalue weighted by atomic mass is 32.2. The summed E-state index contributed by atoms with van der Waals surface area (Å²) in [5.41, 5.74) is 1.95. The van der Waals surface area contributed by atoms with Crippen molar-refractivity contribution >= 4 is 28.6 Å². The van der Waals surface area contributed by atoms with Crippen LogP contribution in [0.15, 0.2) is 41.7 Å². The van der Waals surface area contributed by atoms with Gasteiger partial charge in [-0.05, 0) is 6.92 Å². The maximum absolute atomic E-state index is 12.2. The lowest BCUT2D eigenvalue weighted by molar-refractivity contribution is 0.108. The molecule has 2 aromatic rings. The van der Waals surface area contributed by atoms with Crippen molar-refractivity contribution in [2.75, 3.05) is 5.75 Å². The Hall–Kier alpha value is -1.20. The van der Waals surface area contributed by atoms with E-state index in [0.717, 1.165) is 23.0 Å². The maximum Gasteiger partial charge on any atom is 0.219 e. The zero-order valence-corrected chi connectivity index (χ0v) is 12.2. The minimum Gasteiger partial charge on any atom is -0.322 e. The molecule has 19 heavy (non-hydrogen) atoms. The van der Waals surface area contributed by atoms with E-state index in [-0.39, 0.29) is 5.12 Å². The Morgan fingerprint density at radius 2 is 2.21 bits per heavy atom. The average Bonchev–Trinajstić information content (AvgIpc) is 2.81. The Morgan fingerprint density at radius 1 is 1.42 bits per heavy atom. The third-order valence-electron chi connectivity index (χ3n) is 3.09. The summed E-state index contributed by atoms with van der Waals surface area (Å²) in [4.78, 5) is 16.5. The molecular formula is C14H14N2OS2. The zero-order chi connectivity index (χ0) is 13.2. The fourth-order valence-corrected chi connectivity index (χ4v) is 4.28. The molecule has 0 spiro atoms. The van der Waals surface area contributed by atoms with Crippen LogP contribution in [-0.4, -0.2) is 25.7 Å². The van der Waals surface area contributed by atoms with Crippen LogP contribution < -0.4 is 0 Å². The summed E-state index contributed by atoms with van der Waals surface area (Å²) < 4.78 is 2.20. The number of nitrogens with zero attached hydrogens (tertiary/aromatic N) is 2. The lowest BCUT2D eigenvalue weighted by Crippen LogP contribution is -2.23. The number of carbonyl (C=O) groups is 1. The standard InChI is InChI=1S/C14H14N2OS2/c1-10-7-15-14-16(10)8-12(9-18-14)19-13(17)11-5-3-2-4-6-11/h2-7,12H,8-9H2,1H3. The SMILES string of the molecule is Cc1cnc2n1CC(SC(=O)c1ccccc1)CS2. The number of imidazole rings is 1. The van der Waals surface area contributed by atoms with Crippen LogP contribution in [0.4, 0.5) is 0 Å². The van der Waals surface area contributed by atoms with E-state index >= 15 is 0 Å². The molecule has 2 heterocycles. The summed E-state index contributed by atoms with van der Waals surface area (Å²) in [7, 11) is 0. The number of carbonyl (C=O) groups excluding carboxylic acids is 1. The number of fused-ring (bicyclic) bond motifs is 1. The van der Waals surface area contributed by atoms with E-state index in [1.807, 2.05) is 36.5 Å². The minimum absolute atomic E-state index is 0.160. The van der Waals surface area contributed by atoms with Crippen molar-refractivity contribution < 1.29 is 4.79 Å². The highest BCUT2D eigenvalue weighted by molar-refractivity contribution is 8.15. The Balaban J connectivity index is 1.69. The molecule has 1 aromatic heterocycles. The molecule has 0 aliphatic carbocycles. The number of aromatic nitrogens is 2. The fraction of sp³-hybridized carbons (Fsp3) is 0.286. The topological polar surface area (TPSA) is 34.9 Å². The molecule has 1 aromatic carbocycles. The second kappa shape index (κ2) is 5.43. The van der Waals surface area contributed by atoms with E-state index in [1.165, 1.54) is 17.5 Å². The van der Waals surface area contributed by atoms with Crippen molar-refractivity contribution in [1.82, 2.24) is 9.55 Å². The number of rotatable bonds is 2. The van der Waals surface area contributed by atoms with Crippen LogP contribution in [0.1, 0.15) is 16.1 Å². The number of thioether (sulfide) groups is 2. The molecule has 0 saturated heterocycles. The van der Waals surface area contributed by atoms with Crippen molar-refractivity contribution in [1.29, 1.82) is 0 Å². The molecule has 0 bridgehead atoms. The highest BCUT2D eigenvalue weighted by Crippen LogP contribution is 2.32. The largest absolute Gasteiger partial charge is 0.322 e. The average molecular weight is 290 g/mol. The van der Waals surface area contributed by atoms with Gasteiger partial charge in [-0.2, -0.15) is 0 Å². The van der Waals surface area contributed by atoms with Crippen LogP contribution in [0, 0.1) is 6.92 Å². The van der Waals surface area contributed by atoms with E-state index in [1.54, 1.807) is 11.8 Å². The van der Waals surface area contributed by atoms with Crippen molar-refractivity contribution in [2.45, 2.75) is 23.9 Å². The van der Waals surface area contributed by atoms with E-state index < -0.39 is 0 Å². The quantitative estimate of drug-likeness (QED) is 0.850. The molecule has 0 radical (unpaired) electrons. The third-order valence-corrected chi connectivity index (χ3v) is 5.55. The van der Waals surface area contributed by atoms with Gasteiger partial charge in [-0.3, -0.25) is 4.79 Å². The first-order chi connectivity index (χ1) is 9.24. The molecular weight excluding hydrogens is 276 g/mol. The van der Waals surface area contributed by atoms with Gasteiger partial charge in [0.2, 0.25) is 5.12 Å². The summed E-state index contributed by atoms with van der Waals surface area (Å²) >= 11 is 3.17. The first kappa shape index (κ1) is 12.8. The summed E-state index contributed by atoms with van der Waals surface area (Å²) in [6.45, 7) is 2.93. The lowest BCUT2D eigenvalue weighted by atomic mass is 10.2. The highest BCUT2D eigenvalue weighted by Gasteiger charge is 2.24. The van der Waals surface area contributed by atoms with Gasteiger partial charge in [0.25, 0.3) is 0 Å². The Morgan fingerprint density at radius 3 is 3.00 bits per heavy atom. The molecule has 1 aliphatic rings. The monoisotopic (exact) mass is 290 g/mol. The summed E-state index contributed by atoms with van der Waals surface area (Å²) in [6, 6.07) is 9.49. The van der Waals surface area contributed by atoms with Crippen molar-refractivity contribution in [3.05, 3.63) is 47.8 Å². The zero-order valence-electron chi connectivity index (χ0n) is 10.6. The molecule has 0 fully saturated rings. The molecule has 0 saturated carbocycles. The van der Waals surface area contributed by atoms with Gasteiger partial charge in [0.05, 0.1) is 0 Å². The van der Waals surface area contributed by atoms with Gasteiger partial charge in [-0.25, -0.2) is 4.98 Å². The van der Waals surface area contributed by atoms with Crippen LogP contribution in [0.25, 0.3) is 0 Å². The molecule has 0 N–H and O–H groups in total. The molecule has 3 rings (SSSR count). The molecule has 1 aliphatic heterocycles. The van der Waals surface area contributed by atoms with Gasteiger partial charge in [0.15, 0.2) is 5.16 Å². The maximum atomic E-state index is 12.2. The van der Waals surface area contributed by atoms with Crippen LogP contribution in [0.2, 0.25) is 0 Å². The van der Waals surface area contributed by atoms with E-state index in [0.29, 0.717) is 5.25 Å². The van der Waals surface area contributed by atoms with Crippen LogP contribution in [0.3, 0.4) is 0 Å². The van der Waals surface area contributed by atoms with Crippen LogP contribution in [0.5, 0.6) is 0 Å². The Kier molecular flexibility index (Phi) is 3.66. The summed E-state index contributed by atoms with van der Waals surface area (Å²) in [5, 5.41) is 1.55. The number of hydrogen-bond donors (Lipinski definition) is 0. The van der Waals surface area contributed by atoms with Gasteiger partial charge in [0, 0.05) is 35.0 Å². The van der Waals surface area contributed by atoms with Gasteiger partial charge < -0.3 is 4.57 Å². The van der Waals surface area contributed by atoms with Gasteiger partial charge in [-0.15, -0.1) is 0 Å². The lowest BCUT2D eigenvalue weighted by Gasteiger charge is -2.23. The first-order valence-corrected chi connectivity index (χ1v) is 8.01. The smallest absolute Gasteiger partial charge is 0.219 e. The predicted octanol–water partition coefficient (Wildman–Crippen LogP) is 3.24. The van der Waals surface area contributed by atoms with E-state index in [9.17, 15) is 4.79 Å². The summed E-state index contributed by atoms with van der Waals surface area (Å²) in [6.07, 6.45) is 1.90. The third kappa shape index (κ3) is 2.72. The van der Waals surface area contributed by atoms with Crippen LogP contribution in [-0.2, 0) is 6.54 Å². The molecule has 1 unspecified atom stereocenters. The Labute approximate surface area is 120 Å². The van der Waals surface area contributed by atoms with Crippen molar-refractivity contribution in [3.8, 4) is 0 Å². The second-order valence-electron chi connectivity index (χ2n) is 4.50. The van der Waals surface area contributed by atoms with E-state index in [4.69, 9.17) is 0 Å². The fourth-order valence-electron chi connectivity index (χ4n) is 2.06. The predicted molar refractivity (Wildman–Crippen MR) is 79.8 cm³/mol. The molecule has 5 heteroatoms. The first-order valence-electron chi connectivity index (χ1n) is 6.15. The van der Waals surface area contributed by atoms with Crippen molar-refractivity contribution in [3.63, 3.8) is 0 Å². The van der Waals surface area contributed by atoms with Gasteiger partial charge in [-0.1, -0.05) is 53.9 Å². The number of aryl methyl sites for hydroxylation is 1. The van der Waals surface area contributed by atoms with Gasteiger partial charge >= 0.3 is 0 Å². The molecule has 3 nitrogen and oxygen atoms in total. The molecule has 1 atom stereocenters. The number of benzene rings is 1.